The van der Waals surface area contributed by atoms with Gasteiger partial charge in [0.25, 0.3) is 5.91 Å². The molecule has 0 bridgehead atoms. The second-order valence-electron chi connectivity index (χ2n) is 6.23. The maximum Gasteiger partial charge on any atom is 0.349 e. The zero-order valence-corrected chi connectivity index (χ0v) is 15.9. The van der Waals surface area contributed by atoms with Crippen LogP contribution >= 0.6 is 11.3 Å². The molecule has 2 aromatic carbocycles. The molecule has 1 heterocycles. The predicted molar refractivity (Wildman–Crippen MR) is 106 cm³/mol. The summed E-state index contributed by atoms with van der Waals surface area (Å²) in [4.78, 5) is 27.2. The van der Waals surface area contributed by atoms with Crippen LogP contribution in [0.2, 0.25) is 0 Å². The summed E-state index contributed by atoms with van der Waals surface area (Å²) in [5.41, 5.74) is 2.92. The van der Waals surface area contributed by atoms with Crippen molar-refractivity contribution in [1.82, 2.24) is 4.90 Å². The molecule has 0 unspecified atom stereocenters. The average Bonchev–Trinajstić information content (AvgIpc) is 3.13. The van der Waals surface area contributed by atoms with Crippen LogP contribution in [-0.2, 0) is 22.6 Å². The van der Waals surface area contributed by atoms with E-state index in [0.717, 1.165) is 16.7 Å². The number of carbonyl (C=O) groups is 2. The summed E-state index contributed by atoms with van der Waals surface area (Å²) in [6.45, 7) is 2.51. The van der Waals surface area contributed by atoms with E-state index in [-0.39, 0.29) is 12.5 Å². The van der Waals surface area contributed by atoms with Crippen molar-refractivity contribution in [3.63, 3.8) is 0 Å². The molecule has 1 aromatic heterocycles. The maximum atomic E-state index is 12.8. The number of rotatable bonds is 7. The van der Waals surface area contributed by atoms with Crippen LogP contribution in [0.3, 0.4) is 0 Å². The zero-order valence-electron chi connectivity index (χ0n) is 15.1. The summed E-state index contributed by atoms with van der Waals surface area (Å²) in [6.07, 6.45) is 0. The number of aryl methyl sites for hydroxylation is 1. The van der Waals surface area contributed by atoms with Crippen LogP contribution in [0.15, 0.2) is 72.1 Å². The van der Waals surface area contributed by atoms with Crippen molar-refractivity contribution in [3.8, 4) is 0 Å². The van der Waals surface area contributed by atoms with E-state index in [1.165, 1.54) is 11.3 Å². The summed E-state index contributed by atoms with van der Waals surface area (Å²) >= 11 is 1.32. The summed E-state index contributed by atoms with van der Waals surface area (Å²) in [5.74, 6) is -0.666. The van der Waals surface area contributed by atoms with E-state index >= 15 is 0 Å². The molecule has 0 aliphatic rings. The minimum Gasteiger partial charge on any atom is -0.451 e. The van der Waals surface area contributed by atoms with Crippen LogP contribution in [-0.4, -0.2) is 23.4 Å². The first-order chi connectivity index (χ1) is 13.1. The third kappa shape index (κ3) is 5.28. The Kier molecular flexibility index (Phi) is 6.39. The van der Waals surface area contributed by atoms with E-state index in [9.17, 15) is 9.59 Å². The molecule has 0 spiro atoms. The van der Waals surface area contributed by atoms with E-state index in [1.807, 2.05) is 79.0 Å². The predicted octanol–water partition coefficient (Wildman–Crippen LogP) is 4.44. The molecule has 0 aliphatic heterocycles. The zero-order chi connectivity index (χ0) is 19.1. The molecule has 0 radical (unpaired) electrons. The Morgan fingerprint density at radius 2 is 1.44 bits per heavy atom. The topological polar surface area (TPSA) is 46.6 Å². The fourth-order valence-electron chi connectivity index (χ4n) is 2.71. The number of esters is 1. The van der Waals surface area contributed by atoms with Gasteiger partial charge in [-0.3, -0.25) is 4.79 Å². The number of hydrogen-bond acceptors (Lipinski definition) is 4. The Labute approximate surface area is 163 Å². The molecule has 3 aromatic rings. The summed E-state index contributed by atoms with van der Waals surface area (Å²) in [6, 6.07) is 21.4. The van der Waals surface area contributed by atoms with Gasteiger partial charge in [0.1, 0.15) is 4.88 Å². The first-order valence-electron chi connectivity index (χ1n) is 8.70. The quantitative estimate of drug-likeness (QED) is 0.570. The van der Waals surface area contributed by atoms with Crippen LogP contribution in [0.5, 0.6) is 0 Å². The van der Waals surface area contributed by atoms with Crippen LogP contribution in [0.1, 0.15) is 26.4 Å². The third-order valence-corrected chi connectivity index (χ3v) is 5.16. The highest BCUT2D eigenvalue weighted by atomic mass is 32.1. The summed E-state index contributed by atoms with van der Waals surface area (Å²) in [5, 5.41) is 1.84. The number of amides is 1. The Morgan fingerprint density at radius 3 is 1.93 bits per heavy atom. The van der Waals surface area contributed by atoms with E-state index in [1.54, 1.807) is 4.90 Å². The Balaban J connectivity index is 1.68. The van der Waals surface area contributed by atoms with E-state index < -0.39 is 5.97 Å². The number of benzene rings is 2. The van der Waals surface area contributed by atoms with Crippen molar-refractivity contribution < 1.29 is 14.3 Å². The van der Waals surface area contributed by atoms with Gasteiger partial charge in [0.15, 0.2) is 6.61 Å². The Hall–Kier alpha value is -2.92. The molecule has 138 valence electrons. The highest BCUT2D eigenvalue weighted by Crippen LogP contribution is 2.17. The van der Waals surface area contributed by atoms with Crippen molar-refractivity contribution in [2.24, 2.45) is 0 Å². The molecule has 5 heteroatoms. The Morgan fingerprint density at radius 1 is 0.889 bits per heavy atom. The van der Waals surface area contributed by atoms with Crippen molar-refractivity contribution in [1.29, 1.82) is 0 Å². The monoisotopic (exact) mass is 379 g/mol. The van der Waals surface area contributed by atoms with Crippen molar-refractivity contribution in [3.05, 3.63) is 93.7 Å². The second kappa shape index (κ2) is 9.14. The number of carbonyl (C=O) groups excluding carboxylic acids is 2. The summed E-state index contributed by atoms with van der Waals surface area (Å²) in [7, 11) is 0. The normalized spacial score (nSPS) is 10.4. The highest BCUT2D eigenvalue weighted by Gasteiger charge is 2.19. The van der Waals surface area contributed by atoms with Crippen molar-refractivity contribution >= 4 is 23.2 Å². The van der Waals surface area contributed by atoms with Crippen LogP contribution in [0.25, 0.3) is 0 Å². The minimum atomic E-state index is -0.449. The number of nitrogens with zero attached hydrogens (tertiary/aromatic N) is 1. The van der Waals surface area contributed by atoms with Gasteiger partial charge in [-0.2, -0.15) is 0 Å². The molecule has 0 saturated carbocycles. The largest absolute Gasteiger partial charge is 0.451 e. The first-order valence-corrected chi connectivity index (χ1v) is 9.58. The van der Waals surface area contributed by atoms with Crippen LogP contribution in [0.4, 0.5) is 0 Å². The maximum absolute atomic E-state index is 12.8. The number of hydrogen-bond donors (Lipinski definition) is 0. The lowest BCUT2D eigenvalue weighted by atomic mass is 10.1. The smallest absolute Gasteiger partial charge is 0.349 e. The highest BCUT2D eigenvalue weighted by molar-refractivity contribution is 7.12. The second-order valence-corrected chi connectivity index (χ2v) is 7.15. The molecule has 1 amide bonds. The van der Waals surface area contributed by atoms with Gasteiger partial charge in [0.2, 0.25) is 0 Å². The molecule has 0 aliphatic carbocycles. The van der Waals surface area contributed by atoms with Gasteiger partial charge in [0.05, 0.1) is 0 Å². The number of ether oxygens (including phenoxy) is 1. The standard InChI is InChI=1S/C22H21NO3S/c1-17-12-13-27-21(17)22(25)26-16-20(24)23(14-18-8-4-2-5-9-18)15-19-10-6-3-7-11-19/h2-13H,14-16H2,1H3. The minimum absolute atomic E-state index is 0.217. The molecule has 27 heavy (non-hydrogen) atoms. The molecule has 0 N–H and O–H groups in total. The average molecular weight is 379 g/mol. The van der Waals surface area contributed by atoms with Gasteiger partial charge < -0.3 is 9.64 Å². The van der Waals surface area contributed by atoms with Crippen molar-refractivity contribution in [2.45, 2.75) is 20.0 Å². The van der Waals surface area contributed by atoms with Crippen LogP contribution in [0, 0.1) is 6.92 Å². The molecule has 0 fully saturated rings. The number of thiophene rings is 1. The van der Waals surface area contributed by atoms with Crippen molar-refractivity contribution in [2.75, 3.05) is 6.61 Å². The Bertz CT molecular complexity index is 849. The van der Waals surface area contributed by atoms with Gasteiger partial charge in [0, 0.05) is 13.1 Å². The lowest BCUT2D eigenvalue weighted by Gasteiger charge is -2.23. The van der Waals surface area contributed by atoms with E-state index in [2.05, 4.69) is 0 Å². The van der Waals surface area contributed by atoms with Gasteiger partial charge in [-0.25, -0.2) is 4.79 Å². The molecular formula is C22H21NO3S. The molecule has 0 atom stereocenters. The summed E-state index contributed by atoms with van der Waals surface area (Å²) < 4.78 is 5.27. The van der Waals surface area contributed by atoms with Gasteiger partial charge >= 0.3 is 5.97 Å². The van der Waals surface area contributed by atoms with E-state index in [0.29, 0.717) is 18.0 Å². The molecule has 4 nitrogen and oxygen atoms in total. The first kappa shape index (κ1) is 18.9. The lowest BCUT2D eigenvalue weighted by Crippen LogP contribution is -2.33. The van der Waals surface area contributed by atoms with Gasteiger partial charge in [-0.15, -0.1) is 11.3 Å². The SMILES string of the molecule is Cc1ccsc1C(=O)OCC(=O)N(Cc1ccccc1)Cc1ccccc1. The fraction of sp³-hybridized carbons (Fsp3) is 0.182. The third-order valence-electron chi connectivity index (χ3n) is 4.16. The van der Waals surface area contributed by atoms with E-state index in [4.69, 9.17) is 4.74 Å². The van der Waals surface area contributed by atoms with Gasteiger partial charge in [-0.05, 0) is 35.1 Å². The molecule has 0 saturated heterocycles. The molecule has 3 rings (SSSR count). The lowest BCUT2D eigenvalue weighted by molar-refractivity contribution is -0.135. The van der Waals surface area contributed by atoms with Crippen LogP contribution < -0.4 is 0 Å². The van der Waals surface area contributed by atoms with Gasteiger partial charge in [-0.1, -0.05) is 60.7 Å². The fourth-order valence-corrected chi connectivity index (χ4v) is 3.52. The molecular weight excluding hydrogens is 358 g/mol.